The van der Waals surface area contributed by atoms with Crippen molar-refractivity contribution in [3.63, 3.8) is 0 Å². The van der Waals surface area contributed by atoms with E-state index in [0.29, 0.717) is 5.94 Å². The lowest BCUT2D eigenvalue weighted by Crippen LogP contribution is -2.43. The lowest BCUT2D eigenvalue weighted by molar-refractivity contribution is 0.395. The second-order valence-electron chi connectivity index (χ2n) is 5.50. The van der Waals surface area contributed by atoms with Crippen LogP contribution in [0.3, 0.4) is 0 Å². The number of thiol groups is 1. The zero-order chi connectivity index (χ0) is 15.9. The van der Waals surface area contributed by atoms with Gasteiger partial charge in [0.1, 0.15) is 5.94 Å². The Morgan fingerprint density at radius 3 is 2.57 bits per heavy atom. The molecule has 0 radical (unpaired) electrons. The number of ether oxygens (including phenoxy) is 1. The van der Waals surface area contributed by atoms with Gasteiger partial charge in [-0.25, -0.2) is 0 Å². The van der Waals surface area contributed by atoms with Crippen molar-refractivity contribution in [2.75, 3.05) is 42.3 Å². The van der Waals surface area contributed by atoms with Crippen LogP contribution in [0.2, 0.25) is 0 Å². The minimum atomic E-state index is 0.364. The van der Waals surface area contributed by atoms with Crippen molar-refractivity contribution in [1.82, 2.24) is 5.32 Å². The Bertz CT molecular complexity index is 615. The number of nitrogens with zero attached hydrogens (tertiary/aromatic N) is 1. The third kappa shape index (κ3) is 4.12. The van der Waals surface area contributed by atoms with Gasteiger partial charge in [0.2, 0.25) is 0 Å². The molecule has 1 saturated heterocycles. The molecule has 1 fully saturated rings. The molecule has 0 aromatic heterocycles. The highest BCUT2D eigenvalue weighted by Gasteiger charge is 2.17. The number of hydrogen-bond acceptors (Lipinski definition) is 5. The highest BCUT2D eigenvalue weighted by molar-refractivity contribution is 7.80. The van der Waals surface area contributed by atoms with E-state index in [1.54, 1.807) is 0 Å². The topological polar surface area (TPSA) is 36.5 Å². The fourth-order valence-electron chi connectivity index (χ4n) is 2.83. The average molecular weight is 329 g/mol. The molecular formula is C18H23N3OS. The molecule has 23 heavy (non-hydrogen) atoms. The SMILES string of the molecule is SCOc1c(NCc2ccccc2)cccc1N1CCNCC1. The van der Waals surface area contributed by atoms with Crippen LogP contribution < -0.4 is 20.3 Å². The summed E-state index contributed by atoms with van der Waals surface area (Å²) in [6.45, 7) is 4.76. The molecule has 1 aliphatic rings. The lowest BCUT2D eigenvalue weighted by Gasteiger charge is -2.31. The van der Waals surface area contributed by atoms with Gasteiger partial charge < -0.3 is 20.3 Å². The smallest absolute Gasteiger partial charge is 0.166 e. The van der Waals surface area contributed by atoms with E-state index in [1.807, 2.05) is 6.07 Å². The van der Waals surface area contributed by atoms with Crippen molar-refractivity contribution < 1.29 is 4.74 Å². The summed E-state index contributed by atoms with van der Waals surface area (Å²) in [5, 5.41) is 6.88. The first-order chi connectivity index (χ1) is 11.4. The van der Waals surface area contributed by atoms with Crippen LogP contribution in [0.4, 0.5) is 11.4 Å². The Morgan fingerprint density at radius 2 is 1.83 bits per heavy atom. The summed E-state index contributed by atoms with van der Waals surface area (Å²) in [6.07, 6.45) is 0. The monoisotopic (exact) mass is 329 g/mol. The van der Waals surface area contributed by atoms with Gasteiger partial charge >= 0.3 is 0 Å². The van der Waals surface area contributed by atoms with Crippen LogP contribution in [0.5, 0.6) is 5.75 Å². The number of rotatable bonds is 6. The normalized spacial score (nSPS) is 14.6. The Labute approximate surface area is 143 Å². The predicted molar refractivity (Wildman–Crippen MR) is 99.8 cm³/mol. The second-order valence-corrected chi connectivity index (χ2v) is 5.76. The lowest BCUT2D eigenvalue weighted by atomic mass is 10.2. The maximum absolute atomic E-state index is 5.85. The first-order valence-corrected chi connectivity index (χ1v) is 8.62. The molecule has 0 unspecified atom stereocenters. The minimum absolute atomic E-state index is 0.364. The van der Waals surface area contributed by atoms with Crippen LogP contribution >= 0.6 is 12.6 Å². The van der Waals surface area contributed by atoms with Gasteiger partial charge in [-0.2, -0.15) is 0 Å². The van der Waals surface area contributed by atoms with Crippen LogP contribution in [-0.2, 0) is 6.54 Å². The van der Waals surface area contributed by atoms with Gasteiger partial charge in [0.05, 0.1) is 11.4 Å². The molecule has 2 aromatic rings. The molecule has 0 amide bonds. The standard InChI is InChI=1S/C18H23N3OS/c23-14-22-18-16(20-13-15-5-2-1-3-6-15)7-4-8-17(18)21-11-9-19-10-12-21/h1-8,19-20,23H,9-14H2. The molecule has 5 heteroatoms. The molecular weight excluding hydrogens is 306 g/mol. The van der Waals surface area contributed by atoms with E-state index in [-0.39, 0.29) is 0 Å². The van der Waals surface area contributed by atoms with Crippen molar-refractivity contribution in [3.05, 3.63) is 54.1 Å². The van der Waals surface area contributed by atoms with E-state index >= 15 is 0 Å². The van der Waals surface area contributed by atoms with Gasteiger partial charge in [-0.05, 0) is 17.7 Å². The molecule has 2 N–H and O–H groups in total. The maximum Gasteiger partial charge on any atom is 0.166 e. The molecule has 0 atom stereocenters. The number of hydrogen-bond donors (Lipinski definition) is 3. The van der Waals surface area contributed by atoms with Gasteiger partial charge in [0.15, 0.2) is 5.75 Å². The summed E-state index contributed by atoms with van der Waals surface area (Å²) in [5.41, 5.74) is 3.40. The molecule has 1 aliphatic heterocycles. The van der Waals surface area contributed by atoms with E-state index in [9.17, 15) is 0 Å². The number of benzene rings is 2. The largest absolute Gasteiger partial charge is 0.479 e. The predicted octanol–water partition coefficient (Wildman–Crippen LogP) is 2.97. The molecule has 122 valence electrons. The summed E-state index contributed by atoms with van der Waals surface area (Å²) >= 11 is 4.25. The Kier molecular flexibility index (Phi) is 5.66. The quantitative estimate of drug-likeness (QED) is 0.562. The van der Waals surface area contributed by atoms with Crippen molar-refractivity contribution >= 4 is 24.0 Å². The Morgan fingerprint density at radius 1 is 1.04 bits per heavy atom. The highest BCUT2D eigenvalue weighted by Crippen LogP contribution is 2.36. The van der Waals surface area contributed by atoms with Crippen LogP contribution in [0.25, 0.3) is 0 Å². The Balaban J connectivity index is 1.80. The zero-order valence-electron chi connectivity index (χ0n) is 13.2. The third-order valence-corrected chi connectivity index (χ3v) is 4.12. The van der Waals surface area contributed by atoms with Crippen LogP contribution in [0, 0.1) is 0 Å². The number of piperazine rings is 1. The Hall–Kier alpha value is -1.85. The van der Waals surface area contributed by atoms with Crippen molar-refractivity contribution in [2.24, 2.45) is 0 Å². The van der Waals surface area contributed by atoms with Crippen molar-refractivity contribution in [3.8, 4) is 5.75 Å². The second kappa shape index (κ2) is 8.13. The first-order valence-electron chi connectivity index (χ1n) is 7.98. The minimum Gasteiger partial charge on any atom is -0.479 e. The summed E-state index contributed by atoms with van der Waals surface area (Å²) < 4.78 is 5.85. The van der Waals surface area contributed by atoms with E-state index < -0.39 is 0 Å². The molecule has 2 aromatic carbocycles. The fraction of sp³-hybridized carbons (Fsp3) is 0.333. The summed E-state index contributed by atoms with van der Waals surface area (Å²) in [6, 6.07) is 16.6. The zero-order valence-corrected chi connectivity index (χ0v) is 14.1. The van der Waals surface area contributed by atoms with E-state index in [2.05, 4.69) is 70.6 Å². The molecule has 0 saturated carbocycles. The first kappa shape index (κ1) is 16.0. The molecule has 3 rings (SSSR count). The van der Waals surface area contributed by atoms with E-state index in [0.717, 1.165) is 49.8 Å². The molecule has 4 nitrogen and oxygen atoms in total. The van der Waals surface area contributed by atoms with Crippen LogP contribution in [0.1, 0.15) is 5.56 Å². The summed E-state index contributed by atoms with van der Waals surface area (Å²) in [4.78, 5) is 2.36. The average Bonchev–Trinajstić information content (AvgIpc) is 2.62. The summed E-state index contributed by atoms with van der Waals surface area (Å²) in [5.74, 6) is 1.25. The molecule has 0 spiro atoms. The van der Waals surface area contributed by atoms with Gasteiger partial charge in [-0.3, -0.25) is 0 Å². The van der Waals surface area contributed by atoms with Crippen molar-refractivity contribution in [2.45, 2.75) is 6.54 Å². The van der Waals surface area contributed by atoms with Gasteiger partial charge in [-0.15, -0.1) is 12.6 Å². The number of anilines is 2. The van der Waals surface area contributed by atoms with Gasteiger partial charge in [0, 0.05) is 32.7 Å². The fourth-order valence-corrected chi connectivity index (χ4v) is 2.96. The maximum atomic E-state index is 5.85. The summed E-state index contributed by atoms with van der Waals surface area (Å²) in [7, 11) is 0. The highest BCUT2D eigenvalue weighted by atomic mass is 32.1. The molecule has 1 heterocycles. The third-order valence-electron chi connectivity index (χ3n) is 3.99. The molecule has 0 aliphatic carbocycles. The van der Waals surface area contributed by atoms with Crippen LogP contribution in [0.15, 0.2) is 48.5 Å². The van der Waals surface area contributed by atoms with Gasteiger partial charge in [-0.1, -0.05) is 36.4 Å². The number of nitrogens with one attached hydrogen (secondary N) is 2. The van der Waals surface area contributed by atoms with Crippen LogP contribution in [-0.4, -0.2) is 32.1 Å². The van der Waals surface area contributed by atoms with Gasteiger partial charge in [0.25, 0.3) is 0 Å². The van der Waals surface area contributed by atoms with E-state index in [4.69, 9.17) is 4.74 Å². The van der Waals surface area contributed by atoms with Crippen molar-refractivity contribution in [1.29, 1.82) is 0 Å². The number of para-hydroxylation sites is 1. The van der Waals surface area contributed by atoms with E-state index in [1.165, 1.54) is 5.56 Å². The molecule has 0 bridgehead atoms.